The zero-order valence-corrected chi connectivity index (χ0v) is 15.6. The summed E-state index contributed by atoms with van der Waals surface area (Å²) >= 11 is 6.16. The van der Waals surface area contributed by atoms with E-state index in [2.05, 4.69) is 33.4 Å². The van der Waals surface area contributed by atoms with E-state index in [1.54, 1.807) is 12.3 Å². The Hall–Kier alpha value is -2.85. The number of amides is 1. The number of nitrogens with one attached hydrogen (secondary N) is 1. The zero-order valence-electron chi connectivity index (χ0n) is 14.9. The van der Waals surface area contributed by atoms with E-state index in [1.807, 2.05) is 36.4 Å². The third kappa shape index (κ3) is 3.81. The smallest absolute Gasteiger partial charge is 0.251 e. The summed E-state index contributed by atoms with van der Waals surface area (Å²) in [6.45, 7) is 1.29. The van der Waals surface area contributed by atoms with Crippen LogP contribution in [-0.2, 0) is 13.0 Å². The molecule has 2 aromatic carbocycles. The fourth-order valence-corrected chi connectivity index (χ4v) is 3.60. The van der Waals surface area contributed by atoms with Crippen LogP contribution in [0.15, 0.2) is 66.9 Å². The molecule has 0 saturated carbocycles. The predicted molar refractivity (Wildman–Crippen MR) is 109 cm³/mol. The van der Waals surface area contributed by atoms with E-state index in [4.69, 9.17) is 11.6 Å². The number of hydrogen-bond acceptors (Lipinski definition) is 3. The number of para-hydroxylation sites is 1. The van der Waals surface area contributed by atoms with Crippen LogP contribution in [0, 0.1) is 0 Å². The first-order chi connectivity index (χ1) is 13.2. The SMILES string of the molecule is O=C(NCc1ccccc1Cl)c1ccnc(N2CCCc3ccccc32)c1. The second kappa shape index (κ2) is 7.80. The summed E-state index contributed by atoms with van der Waals surface area (Å²) in [6, 6.07) is 19.5. The van der Waals surface area contributed by atoms with Gasteiger partial charge in [0.05, 0.1) is 0 Å². The van der Waals surface area contributed by atoms with Crippen molar-refractivity contribution in [1.29, 1.82) is 0 Å². The molecule has 136 valence electrons. The molecule has 2 heterocycles. The van der Waals surface area contributed by atoms with Crippen LogP contribution in [-0.4, -0.2) is 17.4 Å². The van der Waals surface area contributed by atoms with Crippen molar-refractivity contribution in [3.05, 3.63) is 88.6 Å². The molecule has 3 aromatic rings. The standard InChI is InChI=1S/C22H20ClN3O/c23-19-9-3-1-7-18(19)15-25-22(27)17-11-12-24-21(14-17)26-13-5-8-16-6-2-4-10-20(16)26/h1-4,6-7,9-12,14H,5,8,13,15H2,(H,25,27). The number of pyridine rings is 1. The molecule has 0 spiro atoms. The van der Waals surface area contributed by atoms with Gasteiger partial charge in [0.1, 0.15) is 5.82 Å². The van der Waals surface area contributed by atoms with Crippen LogP contribution < -0.4 is 10.2 Å². The highest BCUT2D eigenvalue weighted by Crippen LogP contribution is 2.32. The van der Waals surface area contributed by atoms with E-state index in [1.165, 1.54) is 11.3 Å². The quantitative estimate of drug-likeness (QED) is 0.713. The summed E-state index contributed by atoms with van der Waals surface area (Å²) in [5, 5.41) is 3.59. The molecule has 1 aromatic heterocycles. The Morgan fingerprint density at radius 2 is 1.93 bits per heavy atom. The topological polar surface area (TPSA) is 45.2 Å². The highest BCUT2D eigenvalue weighted by atomic mass is 35.5. The van der Waals surface area contributed by atoms with E-state index in [-0.39, 0.29) is 5.91 Å². The van der Waals surface area contributed by atoms with E-state index in [9.17, 15) is 4.79 Å². The molecular formula is C22H20ClN3O. The van der Waals surface area contributed by atoms with E-state index >= 15 is 0 Å². The van der Waals surface area contributed by atoms with Gasteiger partial charge in [0.15, 0.2) is 0 Å². The van der Waals surface area contributed by atoms with Crippen molar-refractivity contribution in [3.8, 4) is 0 Å². The number of nitrogens with zero attached hydrogens (tertiary/aromatic N) is 2. The first kappa shape index (κ1) is 17.6. The fourth-order valence-electron chi connectivity index (χ4n) is 3.40. The average molecular weight is 378 g/mol. The zero-order chi connectivity index (χ0) is 18.6. The van der Waals surface area contributed by atoms with Gasteiger partial charge in [0.25, 0.3) is 5.91 Å². The molecule has 27 heavy (non-hydrogen) atoms. The number of benzene rings is 2. The first-order valence-electron chi connectivity index (χ1n) is 9.05. The maximum atomic E-state index is 12.6. The van der Waals surface area contributed by atoms with Crippen LogP contribution in [0.3, 0.4) is 0 Å². The molecule has 0 aliphatic carbocycles. The molecule has 1 N–H and O–H groups in total. The van der Waals surface area contributed by atoms with Crippen molar-refractivity contribution in [3.63, 3.8) is 0 Å². The van der Waals surface area contributed by atoms with Crippen molar-refractivity contribution < 1.29 is 4.79 Å². The minimum Gasteiger partial charge on any atom is -0.348 e. The molecule has 0 saturated heterocycles. The Morgan fingerprint density at radius 3 is 2.81 bits per heavy atom. The number of carbonyl (C=O) groups excluding carboxylic acids is 1. The lowest BCUT2D eigenvalue weighted by atomic mass is 10.0. The maximum Gasteiger partial charge on any atom is 0.251 e. The van der Waals surface area contributed by atoms with E-state index in [0.717, 1.165) is 30.8 Å². The normalized spacial score (nSPS) is 13.1. The molecule has 1 aliphatic rings. The van der Waals surface area contributed by atoms with Crippen molar-refractivity contribution in [2.75, 3.05) is 11.4 Å². The van der Waals surface area contributed by atoms with Crippen LogP contribution in [0.1, 0.15) is 27.9 Å². The van der Waals surface area contributed by atoms with Gasteiger partial charge in [-0.25, -0.2) is 4.98 Å². The van der Waals surface area contributed by atoms with Gasteiger partial charge in [0.2, 0.25) is 0 Å². The largest absolute Gasteiger partial charge is 0.348 e. The number of hydrogen-bond donors (Lipinski definition) is 1. The van der Waals surface area contributed by atoms with E-state index in [0.29, 0.717) is 17.1 Å². The molecule has 0 bridgehead atoms. The van der Waals surface area contributed by atoms with Crippen molar-refractivity contribution in [2.24, 2.45) is 0 Å². The minimum absolute atomic E-state index is 0.135. The van der Waals surface area contributed by atoms with E-state index < -0.39 is 0 Å². The Labute approximate surface area is 163 Å². The second-order valence-electron chi connectivity index (χ2n) is 6.56. The van der Waals surface area contributed by atoms with Gasteiger partial charge < -0.3 is 10.2 Å². The molecule has 0 atom stereocenters. The summed E-state index contributed by atoms with van der Waals surface area (Å²) in [5.41, 5.74) is 3.98. The predicted octanol–water partition coefficient (Wildman–Crippen LogP) is 4.75. The summed E-state index contributed by atoms with van der Waals surface area (Å²) in [4.78, 5) is 19.3. The molecular weight excluding hydrogens is 358 g/mol. The van der Waals surface area contributed by atoms with Crippen molar-refractivity contribution >= 4 is 29.0 Å². The summed E-state index contributed by atoms with van der Waals surface area (Å²) < 4.78 is 0. The second-order valence-corrected chi connectivity index (χ2v) is 6.97. The van der Waals surface area contributed by atoms with Gasteiger partial charge in [-0.2, -0.15) is 0 Å². The molecule has 0 radical (unpaired) electrons. The maximum absolute atomic E-state index is 12.6. The molecule has 4 nitrogen and oxygen atoms in total. The Morgan fingerprint density at radius 1 is 1.11 bits per heavy atom. The lowest BCUT2D eigenvalue weighted by molar-refractivity contribution is 0.0951. The van der Waals surface area contributed by atoms with Gasteiger partial charge in [-0.15, -0.1) is 0 Å². The fraction of sp³-hybridized carbons (Fsp3) is 0.182. The van der Waals surface area contributed by atoms with Crippen LogP contribution >= 0.6 is 11.6 Å². The molecule has 0 unspecified atom stereocenters. The van der Waals surface area contributed by atoms with Crippen LogP contribution in [0.5, 0.6) is 0 Å². The highest BCUT2D eigenvalue weighted by molar-refractivity contribution is 6.31. The number of carbonyl (C=O) groups is 1. The number of aromatic nitrogens is 1. The summed E-state index contributed by atoms with van der Waals surface area (Å²) in [7, 11) is 0. The lowest BCUT2D eigenvalue weighted by Gasteiger charge is -2.30. The van der Waals surface area contributed by atoms with Gasteiger partial charge in [-0.1, -0.05) is 48.0 Å². The molecule has 1 amide bonds. The molecule has 1 aliphatic heterocycles. The van der Waals surface area contributed by atoms with Gasteiger partial charge in [-0.3, -0.25) is 4.79 Å². The molecule has 5 heteroatoms. The lowest BCUT2D eigenvalue weighted by Crippen LogP contribution is -2.26. The molecule has 0 fully saturated rings. The van der Waals surface area contributed by atoms with Gasteiger partial charge >= 0.3 is 0 Å². The summed E-state index contributed by atoms with van der Waals surface area (Å²) in [6.07, 6.45) is 3.84. The number of aryl methyl sites for hydroxylation is 1. The number of halogens is 1. The number of fused-ring (bicyclic) bond motifs is 1. The van der Waals surface area contributed by atoms with Crippen LogP contribution in [0.2, 0.25) is 5.02 Å². The van der Waals surface area contributed by atoms with Crippen molar-refractivity contribution in [1.82, 2.24) is 10.3 Å². The molecule has 4 rings (SSSR count). The van der Waals surface area contributed by atoms with Gasteiger partial charge in [-0.05, 0) is 48.2 Å². The Kier molecular flexibility index (Phi) is 5.07. The summed E-state index contributed by atoms with van der Waals surface area (Å²) in [5.74, 6) is 0.663. The third-order valence-electron chi connectivity index (χ3n) is 4.79. The Bertz CT molecular complexity index is 973. The number of anilines is 2. The Balaban J connectivity index is 1.53. The van der Waals surface area contributed by atoms with Crippen LogP contribution in [0.25, 0.3) is 0 Å². The van der Waals surface area contributed by atoms with Gasteiger partial charge in [0, 0.05) is 35.6 Å². The highest BCUT2D eigenvalue weighted by Gasteiger charge is 2.19. The van der Waals surface area contributed by atoms with Crippen molar-refractivity contribution in [2.45, 2.75) is 19.4 Å². The number of rotatable bonds is 4. The average Bonchev–Trinajstić information content (AvgIpc) is 2.72. The first-order valence-corrected chi connectivity index (χ1v) is 9.43. The monoisotopic (exact) mass is 377 g/mol. The van der Waals surface area contributed by atoms with Crippen LogP contribution in [0.4, 0.5) is 11.5 Å². The third-order valence-corrected chi connectivity index (χ3v) is 5.16. The minimum atomic E-state index is -0.135.